The van der Waals surface area contributed by atoms with Crippen LogP contribution in [0.2, 0.25) is 0 Å². The minimum atomic E-state index is -1.42. The number of benzene rings is 1. The van der Waals surface area contributed by atoms with Crippen molar-refractivity contribution in [2.24, 2.45) is 5.11 Å². The van der Waals surface area contributed by atoms with E-state index in [1.54, 1.807) is 0 Å². The second-order valence-corrected chi connectivity index (χ2v) is 3.32. The first-order chi connectivity index (χ1) is 8.10. The van der Waals surface area contributed by atoms with Gasteiger partial charge in [-0.25, -0.2) is 4.39 Å². The SMILES string of the molecule is [N-]=[N+]=NCC(O)C(O)c1ccc(F)cc1C=O. The van der Waals surface area contributed by atoms with E-state index in [1.165, 1.54) is 6.07 Å². The summed E-state index contributed by atoms with van der Waals surface area (Å²) in [6.07, 6.45) is -2.39. The first-order valence-electron chi connectivity index (χ1n) is 4.71. The van der Waals surface area contributed by atoms with E-state index in [-0.39, 0.29) is 17.7 Å². The quantitative estimate of drug-likeness (QED) is 0.350. The van der Waals surface area contributed by atoms with E-state index in [2.05, 4.69) is 10.0 Å². The summed E-state index contributed by atoms with van der Waals surface area (Å²) < 4.78 is 12.8. The van der Waals surface area contributed by atoms with Gasteiger partial charge in [0.1, 0.15) is 11.9 Å². The zero-order valence-corrected chi connectivity index (χ0v) is 8.69. The molecule has 1 aromatic carbocycles. The van der Waals surface area contributed by atoms with Gasteiger partial charge in [0.2, 0.25) is 0 Å². The van der Waals surface area contributed by atoms with E-state index < -0.39 is 18.0 Å². The molecule has 6 nitrogen and oxygen atoms in total. The Bertz CT molecular complexity index is 460. The highest BCUT2D eigenvalue weighted by Crippen LogP contribution is 2.21. The summed E-state index contributed by atoms with van der Waals surface area (Å²) in [5.41, 5.74) is 8.09. The lowest BCUT2D eigenvalue weighted by molar-refractivity contribution is 0.0240. The number of aliphatic hydroxyl groups excluding tert-OH is 2. The van der Waals surface area contributed by atoms with Crippen molar-refractivity contribution in [2.75, 3.05) is 6.54 Å². The molecular formula is C10H10FN3O3. The minimum Gasteiger partial charge on any atom is -0.390 e. The van der Waals surface area contributed by atoms with Gasteiger partial charge < -0.3 is 10.2 Å². The van der Waals surface area contributed by atoms with E-state index in [9.17, 15) is 19.4 Å². The Kier molecular flexibility index (Phi) is 4.59. The second kappa shape index (κ2) is 5.95. The summed E-state index contributed by atoms with van der Waals surface area (Å²) in [7, 11) is 0. The molecule has 0 aliphatic rings. The van der Waals surface area contributed by atoms with E-state index >= 15 is 0 Å². The van der Waals surface area contributed by atoms with Crippen molar-refractivity contribution in [1.82, 2.24) is 0 Å². The number of rotatable bonds is 5. The smallest absolute Gasteiger partial charge is 0.150 e. The summed E-state index contributed by atoms with van der Waals surface area (Å²) in [6, 6.07) is 3.21. The minimum absolute atomic E-state index is 0.0579. The van der Waals surface area contributed by atoms with Crippen molar-refractivity contribution in [1.29, 1.82) is 0 Å². The molecule has 90 valence electrons. The Morgan fingerprint density at radius 3 is 2.82 bits per heavy atom. The fourth-order valence-electron chi connectivity index (χ4n) is 1.34. The van der Waals surface area contributed by atoms with Crippen molar-refractivity contribution in [3.8, 4) is 0 Å². The number of hydrogen-bond donors (Lipinski definition) is 2. The van der Waals surface area contributed by atoms with Crippen LogP contribution in [0.4, 0.5) is 4.39 Å². The molecule has 0 saturated carbocycles. The molecule has 0 saturated heterocycles. The van der Waals surface area contributed by atoms with Gasteiger partial charge in [0.25, 0.3) is 0 Å². The third-order valence-electron chi connectivity index (χ3n) is 2.19. The largest absolute Gasteiger partial charge is 0.390 e. The average Bonchev–Trinajstić information content (AvgIpc) is 2.34. The average molecular weight is 239 g/mol. The summed E-state index contributed by atoms with van der Waals surface area (Å²) in [4.78, 5) is 13.1. The number of hydrogen-bond acceptors (Lipinski definition) is 4. The molecule has 1 rings (SSSR count). The number of halogens is 1. The zero-order valence-electron chi connectivity index (χ0n) is 8.69. The molecule has 0 aliphatic carbocycles. The molecule has 17 heavy (non-hydrogen) atoms. The van der Waals surface area contributed by atoms with Crippen LogP contribution < -0.4 is 0 Å². The number of carbonyl (C=O) groups is 1. The lowest BCUT2D eigenvalue weighted by Crippen LogP contribution is -2.22. The van der Waals surface area contributed by atoms with Crippen LogP contribution in [0.3, 0.4) is 0 Å². The maximum Gasteiger partial charge on any atom is 0.150 e. The number of carbonyl (C=O) groups excluding carboxylic acids is 1. The van der Waals surface area contributed by atoms with Crippen molar-refractivity contribution in [3.63, 3.8) is 0 Å². The van der Waals surface area contributed by atoms with Gasteiger partial charge in [-0.1, -0.05) is 11.2 Å². The van der Waals surface area contributed by atoms with E-state index in [0.29, 0.717) is 6.29 Å². The van der Waals surface area contributed by atoms with Gasteiger partial charge in [0.15, 0.2) is 6.29 Å². The van der Waals surface area contributed by atoms with Crippen molar-refractivity contribution < 1.29 is 19.4 Å². The van der Waals surface area contributed by atoms with Crippen molar-refractivity contribution in [2.45, 2.75) is 12.2 Å². The fraction of sp³-hybridized carbons (Fsp3) is 0.300. The molecule has 0 aromatic heterocycles. The molecular weight excluding hydrogens is 229 g/mol. The molecule has 0 bridgehead atoms. The van der Waals surface area contributed by atoms with Gasteiger partial charge >= 0.3 is 0 Å². The molecule has 2 atom stereocenters. The maximum atomic E-state index is 12.8. The molecule has 0 aliphatic heterocycles. The van der Waals surface area contributed by atoms with Crippen LogP contribution in [0.15, 0.2) is 23.3 Å². The first-order valence-corrected chi connectivity index (χ1v) is 4.71. The molecule has 2 N–H and O–H groups in total. The molecule has 1 aromatic rings. The van der Waals surface area contributed by atoms with Gasteiger partial charge in [-0.05, 0) is 23.2 Å². The molecule has 0 spiro atoms. The van der Waals surface area contributed by atoms with Gasteiger partial charge in [-0.2, -0.15) is 0 Å². The van der Waals surface area contributed by atoms with Crippen LogP contribution in [0.25, 0.3) is 10.4 Å². The highest BCUT2D eigenvalue weighted by atomic mass is 19.1. The Labute approximate surface area is 95.9 Å². The number of aldehydes is 1. The molecule has 7 heteroatoms. The Morgan fingerprint density at radius 2 is 2.24 bits per heavy atom. The van der Waals surface area contributed by atoms with Gasteiger partial charge in [-0.3, -0.25) is 4.79 Å². The first kappa shape index (κ1) is 13.1. The fourth-order valence-corrected chi connectivity index (χ4v) is 1.34. The van der Waals surface area contributed by atoms with E-state index in [0.717, 1.165) is 12.1 Å². The summed E-state index contributed by atoms with van der Waals surface area (Å²) >= 11 is 0. The second-order valence-electron chi connectivity index (χ2n) is 3.32. The highest BCUT2D eigenvalue weighted by Gasteiger charge is 2.20. The molecule has 0 radical (unpaired) electrons. The molecule has 2 unspecified atom stereocenters. The van der Waals surface area contributed by atoms with Crippen molar-refractivity contribution >= 4 is 6.29 Å². The van der Waals surface area contributed by atoms with Gasteiger partial charge in [0.05, 0.1) is 12.6 Å². The third-order valence-corrected chi connectivity index (χ3v) is 2.19. The maximum absolute atomic E-state index is 12.8. The summed E-state index contributed by atoms with van der Waals surface area (Å²) in [5.74, 6) is -0.618. The lowest BCUT2D eigenvalue weighted by atomic mass is 9.99. The topological polar surface area (TPSA) is 106 Å². The number of aliphatic hydroxyl groups is 2. The molecule has 0 fully saturated rings. The highest BCUT2D eigenvalue weighted by molar-refractivity contribution is 5.77. The Hall–Kier alpha value is -1.95. The molecule has 0 amide bonds. The summed E-state index contributed by atoms with van der Waals surface area (Å²) in [5, 5.41) is 22.3. The Morgan fingerprint density at radius 1 is 1.53 bits per heavy atom. The van der Waals surface area contributed by atoms with Crippen LogP contribution in [0, 0.1) is 5.82 Å². The molecule has 0 heterocycles. The van der Waals surface area contributed by atoms with Gasteiger partial charge in [-0.15, -0.1) is 0 Å². The van der Waals surface area contributed by atoms with E-state index in [4.69, 9.17) is 5.53 Å². The zero-order chi connectivity index (χ0) is 12.8. The normalized spacial score (nSPS) is 13.6. The standard InChI is InChI=1S/C10H10FN3O3/c11-7-1-2-8(6(3-7)5-15)10(17)9(16)4-13-14-12/h1-3,5,9-10,16-17H,4H2. The number of nitrogens with zero attached hydrogens (tertiary/aromatic N) is 3. The van der Waals surface area contributed by atoms with Crippen LogP contribution in [-0.2, 0) is 0 Å². The van der Waals surface area contributed by atoms with Crippen LogP contribution in [-0.4, -0.2) is 29.1 Å². The third kappa shape index (κ3) is 3.25. The van der Waals surface area contributed by atoms with Crippen molar-refractivity contribution in [3.05, 3.63) is 45.6 Å². The monoisotopic (exact) mass is 239 g/mol. The van der Waals surface area contributed by atoms with Gasteiger partial charge in [0, 0.05) is 10.5 Å². The Balaban J connectivity index is 2.98. The van der Waals surface area contributed by atoms with Crippen LogP contribution in [0.5, 0.6) is 0 Å². The lowest BCUT2D eigenvalue weighted by Gasteiger charge is -2.17. The van der Waals surface area contributed by atoms with Crippen LogP contribution >= 0.6 is 0 Å². The van der Waals surface area contributed by atoms with E-state index in [1.807, 2.05) is 0 Å². The predicted molar refractivity (Wildman–Crippen MR) is 56.8 cm³/mol. The predicted octanol–water partition coefficient (Wildman–Crippen LogP) is 1.34. The van der Waals surface area contributed by atoms with Crippen LogP contribution in [0.1, 0.15) is 22.0 Å². The summed E-state index contributed by atoms with van der Waals surface area (Å²) in [6.45, 7) is -0.340. The number of azide groups is 1.